The number of rotatable bonds is 4. The van der Waals surface area contributed by atoms with E-state index in [4.69, 9.17) is 4.74 Å². The third-order valence-electron chi connectivity index (χ3n) is 3.97. The largest absolute Gasteiger partial charge is 0.481 e. The number of aryl methyl sites for hydroxylation is 1. The molecule has 3 aromatic rings. The minimum atomic E-state index is -4.54. The van der Waals surface area contributed by atoms with E-state index in [1.807, 2.05) is 5.32 Å². The topological polar surface area (TPSA) is 81.4 Å². The van der Waals surface area contributed by atoms with Gasteiger partial charge in [0.1, 0.15) is 11.6 Å². The number of carbonyl (C=O) groups excluding carboxylic acids is 1. The van der Waals surface area contributed by atoms with Crippen molar-refractivity contribution in [3.8, 4) is 17.1 Å². The number of hydrogen-bond acceptors (Lipinski definition) is 5. The van der Waals surface area contributed by atoms with E-state index in [9.17, 15) is 18.0 Å². The summed E-state index contributed by atoms with van der Waals surface area (Å²) in [5.74, 6) is -0.464. The van der Waals surface area contributed by atoms with Crippen molar-refractivity contribution in [2.24, 2.45) is 0 Å². The first-order chi connectivity index (χ1) is 12.7. The van der Waals surface area contributed by atoms with Crippen LogP contribution in [-0.2, 0) is 0 Å². The molecule has 7 nitrogen and oxygen atoms in total. The molecule has 0 radical (unpaired) electrons. The lowest BCUT2D eigenvalue weighted by Gasteiger charge is -2.16. The highest BCUT2D eigenvalue weighted by Gasteiger charge is 2.37. The number of alkyl halides is 3. The highest BCUT2D eigenvalue weighted by atomic mass is 19.4. The molecular formula is C17H16F3N5O2. The summed E-state index contributed by atoms with van der Waals surface area (Å²) in [6, 6.07) is 3.15. The summed E-state index contributed by atoms with van der Waals surface area (Å²) in [5.41, 5.74) is 1.95. The highest BCUT2D eigenvalue weighted by Crippen LogP contribution is 2.23. The van der Waals surface area contributed by atoms with E-state index in [1.54, 1.807) is 31.3 Å². The van der Waals surface area contributed by atoms with Gasteiger partial charge < -0.3 is 10.1 Å². The predicted octanol–water partition coefficient (Wildman–Crippen LogP) is 2.79. The Balaban J connectivity index is 2.00. The molecule has 0 aliphatic heterocycles. The van der Waals surface area contributed by atoms with E-state index >= 15 is 0 Å². The van der Waals surface area contributed by atoms with Crippen LogP contribution in [0.25, 0.3) is 16.9 Å². The molecule has 0 aliphatic carbocycles. The molecule has 1 N–H and O–H groups in total. The number of aromatic nitrogens is 4. The smallest absolute Gasteiger partial charge is 0.408 e. The van der Waals surface area contributed by atoms with E-state index in [-0.39, 0.29) is 11.2 Å². The summed E-state index contributed by atoms with van der Waals surface area (Å²) >= 11 is 0. The Hall–Kier alpha value is -3.17. The molecule has 0 unspecified atom stereocenters. The maximum atomic E-state index is 12.7. The van der Waals surface area contributed by atoms with Crippen molar-refractivity contribution in [3.63, 3.8) is 0 Å². The lowest BCUT2D eigenvalue weighted by molar-refractivity contribution is -0.149. The summed E-state index contributed by atoms with van der Waals surface area (Å²) in [5, 5.41) is 5.97. The summed E-state index contributed by atoms with van der Waals surface area (Å²) in [7, 11) is 1.50. The van der Waals surface area contributed by atoms with Gasteiger partial charge in [0.2, 0.25) is 5.88 Å². The number of carbonyl (C=O) groups is 1. The second-order valence-corrected chi connectivity index (χ2v) is 5.90. The SMILES string of the molecule is COc1ccc(-c2cc(C)n3ncc(C(=O)N[C@@H](C)C(F)(F)F)c3n2)cn1. The Kier molecular flexibility index (Phi) is 4.73. The van der Waals surface area contributed by atoms with E-state index in [2.05, 4.69) is 15.1 Å². The second kappa shape index (κ2) is 6.86. The fraction of sp³-hybridized carbons (Fsp3) is 0.294. The monoisotopic (exact) mass is 379 g/mol. The molecule has 1 amide bonds. The molecular weight excluding hydrogens is 363 g/mol. The summed E-state index contributed by atoms with van der Waals surface area (Å²) in [4.78, 5) is 20.8. The van der Waals surface area contributed by atoms with Gasteiger partial charge in [-0.3, -0.25) is 4.79 Å². The first kappa shape index (κ1) is 18.6. The summed E-state index contributed by atoms with van der Waals surface area (Å²) in [6.07, 6.45) is -1.79. The van der Waals surface area contributed by atoms with Crippen LogP contribution in [0.1, 0.15) is 23.0 Å². The fourth-order valence-electron chi connectivity index (χ4n) is 2.43. The molecule has 0 bridgehead atoms. The third-order valence-corrected chi connectivity index (χ3v) is 3.97. The van der Waals surface area contributed by atoms with Gasteiger partial charge >= 0.3 is 6.18 Å². The number of nitrogens with zero attached hydrogens (tertiary/aromatic N) is 4. The van der Waals surface area contributed by atoms with Crippen molar-refractivity contribution in [3.05, 3.63) is 41.9 Å². The minimum absolute atomic E-state index is 0.0440. The van der Waals surface area contributed by atoms with Crippen LogP contribution in [0.5, 0.6) is 5.88 Å². The number of halogens is 3. The standard InChI is InChI=1S/C17H16F3N5O2/c1-9-6-13(11-4-5-14(27-3)21-7-11)24-15-12(8-22-25(9)15)16(26)23-10(2)17(18,19)20/h4-8,10H,1-3H3,(H,23,26)/t10-/m0/s1. The van der Waals surface area contributed by atoms with Gasteiger partial charge in [-0.2, -0.15) is 18.3 Å². The molecule has 27 heavy (non-hydrogen) atoms. The number of hydrogen-bond donors (Lipinski definition) is 1. The van der Waals surface area contributed by atoms with Crippen LogP contribution in [0.15, 0.2) is 30.6 Å². The van der Waals surface area contributed by atoms with Gasteiger partial charge in [-0.1, -0.05) is 0 Å². The van der Waals surface area contributed by atoms with Gasteiger partial charge in [0.25, 0.3) is 5.91 Å². The fourth-order valence-corrected chi connectivity index (χ4v) is 2.43. The lowest BCUT2D eigenvalue weighted by atomic mass is 10.2. The van der Waals surface area contributed by atoms with Crippen LogP contribution in [-0.4, -0.2) is 44.8 Å². The number of ether oxygens (including phenoxy) is 1. The normalized spacial score (nSPS) is 12.8. The zero-order valence-electron chi connectivity index (χ0n) is 14.7. The molecule has 3 heterocycles. The van der Waals surface area contributed by atoms with E-state index < -0.39 is 18.1 Å². The molecule has 0 saturated heterocycles. The molecule has 10 heteroatoms. The minimum Gasteiger partial charge on any atom is -0.481 e. The molecule has 0 aliphatic rings. The molecule has 0 saturated carbocycles. The molecule has 0 aromatic carbocycles. The lowest BCUT2D eigenvalue weighted by Crippen LogP contribution is -2.43. The third kappa shape index (κ3) is 3.69. The van der Waals surface area contributed by atoms with Gasteiger partial charge in [-0.25, -0.2) is 14.5 Å². The average molecular weight is 379 g/mol. The van der Waals surface area contributed by atoms with Gasteiger partial charge in [0.15, 0.2) is 5.65 Å². The highest BCUT2D eigenvalue weighted by molar-refractivity contribution is 6.00. The van der Waals surface area contributed by atoms with Crippen LogP contribution < -0.4 is 10.1 Å². The first-order valence-electron chi connectivity index (χ1n) is 7.94. The number of fused-ring (bicyclic) bond motifs is 1. The molecule has 1 atom stereocenters. The Morgan fingerprint density at radius 3 is 2.63 bits per heavy atom. The maximum Gasteiger partial charge on any atom is 0.408 e. The second-order valence-electron chi connectivity index (χ2n) is 5.90. The van der Waals surface area contributed by atoms with Crippen LogP contribution in [0.3, 0.4) is 0 Å². The summed E-state index contributed by atoms with van der Waals surface area (Å²) in [6.45, 7) is 2.62. The maximum absolute atomic E-state index is 12.7. The van der Waals surface area contributed by atoms with Crippen LogP contribution >= 0.6 is 0 Å². The Morgan fingerprint density at radius 2 is 2.04 bits per heavy atom. The van der Waals surface area contributed by atoms with Crippen molar-refractivity contribution in [1.29, 1.82) is 0 Å². The first-order valence-corrected chi connectivity index (χ1v) is 7.94. The van der Waals surface area contributed by atoms with Gasteiger partial charge in [0.05, 0.1) is 19.0 Å². The van der Waals surface area contributed by atoms with E-state index in [0.717, 1.165) is 6.92 Å². The van der Waals surface area contributed by atoms with E-state index in [0.29, 0.717) is 22.8 Å². The van der Waals surface area contributed by atoms with Crippen molar-refractivity contribution in [2.45, 2.75) is 26.1 Å². The number of methoxy groups -OCH3 is 1. The van der Waals surface area contributed by atoms with Crippen molar-refractivity contribution >= 4 is 11.6 Å². The van der Waals surface area contributed by atoms with Crippen LogP contribution in [0, 0.1) is 6.92 Å². The van der Waals surface area contributed by atoms with Gasteiger partial charge in [-0.05, 0) is 26.0 Å². The van der Waals surface area contributed by atoms with Crippen molar-refractivity contribution < 1.29 is 22.7 Å². The molecule has 3 rings (SSSR count). The zero-order valence-corrected chi connectivity index (χ0v) is 14.7. The molecule has 142 valence electrons. The summed E-state index contributed by atoms with van der Waals surface area (Å²) < 4.78 is 44.5. The molecule has 3 aromatic heterocycles. The van der Waals surface area contributed by atoms with Crippen LogP contribution in [0.4, 0.5) is 13.2 Å². The molecule has 0 fully saturated rings. The average Bonchev–Trinajstić information content (AvgIpc) is 3.05. The van der Waals surface area contributed by atoms with E-state index in [1.165, 1.54) is 17.8 Å². The Morgan fingerprint density at radius 1 is 1.30 bits per heavy atom. The van der Waals surface area contributed by atoms with Crippen molar-refractivity contribution in [1.82, 2.24) is 24.9 Å². The van der Waals surface area contributed by atoms with Crippen LogP contribution in [0.2, 0.25) is 0 Å². The van der Waals surface area contributed by atoms with Crippen molar-refractivity contribution in [2.75, 3.05) is 7.11 Å². The Labute approximate surface area is 152 Å². The number of amides is 1. The number of pyridine rings is 1. The Bertz CT molecular complexity index is 983. The number of nitrogens with one attached hydrogen (secondary N) is 1. The molecule has 0 spiro atoms. The quantitative estimate of drug-likeness (QED) is 0.754. The predicted molar refractivity (Wildman–Crippen MR) is 90.5 cm³/mol. The van der Waals surface area contributed by atoms with Gasteiger partial charge in [-0.15, -0.1) is 0 Å². The zero-order chi connectivity index (χ0) is 19.8. The van der Waals surface area contributed by atoms with Gasteiger partial charge in [0, 0.05) is 23.5 Å².